The smallest absolute Gasteiger partial charge is 0.206 e. The van der Waals surface area contributed by atoms with Gasteiger partial charge in [0.25, 0.3) is 0 Å². The van der Waals surface area contributed by atoms with Gasteiger partial charge in [0.15, 0.2) is 17.6 Å². The molecule has 0 spiro atoms. The molecule has 0 amide bonds. The van der Waals surface area contributed by atoms with Crippen molar-refractivity contribution in [2.24, 2.45) is 10.2 Å². The highest BCUT2D eigenvalue weighted by atomic mass is 16.2. The molecule has 2 aliphatic rings. The normalized spacial score (nSPS) is 18.0. The number of hydrogen-bond donors (Lipinski definition) is 0. The number of fused-ring (bicyclic) bond motifs is 2. The van der Waals surface area contributed by atoms with Gasteiger partial charge in [0.05, 0.1) is 0 Å². The van der Waals surface area contributed by atoms with E-state index in [9.17, 15) is 19.2 Å². The molecule has 0 saturated carbocycles. The average Bonchev–Trinajstić information content (AvgIpc) is 3.11. The van der Waals surface area contributed by atoms with Crippen molar-refractivity contribution in [1.29, 1.82) is 0 Å². The van der Waals surface area contributed by atoms with Crippen molar-refractivity contribution in [2.45, 2.75) is 44.2 Å². The van der Waals surface area contributed by atoms with Gasteiger partial charge < -0.3 is 0 Å². The van der Waals surface area contributed by atoms with Crippen molar-refractivity contribution in [3.63, 3.8) is 0 Å². The number of nitrogens with zero attached hydrogens (tertiary/aromatic N) is 2. The lowest BCUT2D eigenvalue weighted by molar-refractivity contribution is 0.0768. The Morgan fingerprint density at radius 1 is 0.759 bits per heavy atom. The predicted molar refractivity (Wildman–Crippen MR) is 106 cm³/mol. The molecular weight excluding hydrogens is 368 g/mol. The molecule has 6 heteroatoms. The van der Waals surface area contributed by atoms with Crippen LogP contribution in [0.1, 0.15) is 74.0 Å². The van der Waals surface area contributed by atoms with E-state index in [1.165, 1.54) is 0 Å². The van der Waals surface area contributed by atoms with E-state index >= 15 is 0 Å². The summed E-state index contributed by atoms with van der Waals surface area (Å²) in [7, 11) is 0. The molecule has 0 radical (unpaired) electrons. The summed E-state index contributed by atoms with van der Waals surface area (Å²) < 4.78 is 0. The van der Waals surface area contributed by atoms with Gasteiger partial charge in [-0.15, -0.1) is 0 Å². The van der Waals surface area contributed by atoms with E-state index in [0.29, 0.717) is 28.7 Å². The molecule has 0 fully saturated rings. The molecule has 146 valence electrons. The number of hydrogen-bond acceptors (Lipinski definition) is 6. The Labute approximate surface area is 168 Å². The second-order valence-electron chi connectivity index (χ2n) is 7.41. The topological polar surface area (TPSA) is 93.0 Å². The fourth-order valence-electron chi connectivity index (χ4n) is 4.01. The molecule has 29 heavy (non-hydrogen) atoms. The molecule has 2 aliphatic carbocycles. The van der Waals surface area contributed by atoms with Crippen LogP contribution in [0.2, 0.25) is 0 Å². The summed E-state index contributed by atoms with van der Waals surface area (Å²) in [5.74, 6) is -1.72. The van der Waals surface area contributed by atoms with Gasteiger partial charge in [-0.25, -0.2) is 0 Å². The van der Waals surface area contributed by atoms with Crippen LogP contribution in [0, 0.1) is 0 Å². The first-order chi connectivity index (χ1) is 14.0. The summed E-state index contributed by atoms with van der Waals surface area (Å²) in [5, 5.41) is 8.15. The summed E-state index contributed by atoms with van der Waals surface area (Å²) in [6.07, 6.45) is 2.57. The number of carbonyl (C=O) groups is 4. The van der Waals surface area contributed by atoms with Crippen LogP contribution in [0.4, 0.5) is 0 Å². The van der Waals surface area contributed by atoms with E-state index in [2.05, 4.69) is 10.2 Å². The van der Waals surface area contributed by atoms with Crippen LogP contribution < -0.4 is 0 Å². The molecule has 0 N–H and O–H groups in total. The molecule has 0 saturated heterocycles. The molecule has 0 heterocycles. The monoisotopic (exact) mass is 388 g/mol. The lowest BCUT2D eigenvalue weighted by atomic mass is 9.88. The molecule has 6 nitrogen and oxygen atoms in total. The number of carbonyl (C=O) groups excluding carboxylic acids is 4. The third kappa shape index (κ3) is 2.87. The summed E-state index contributed by atoms with van der Waals surface area (Å²) >= 11 is 0. The van der Waals surface area contributed by atoms with Crippen LogP contribution in [0.15, 0.2) is 58.8 Å². The predicted octanol–water partition coefficient (Wildman–Crippen LogP) is 4.28. The second kappa shape index (κ2) is 7.28. The maximum atomic E-state index is 13.2. The van der Waals surface area contributed by atoms with Crippen LogP contribution in [0.3, 0.4) is 0 Å². The van der Waals surface area contributed by atoms with E-state index in [1.807, 2.05) is 6.92 Å². The number of azo groups is 1. The zero-order valence-electron chi connectivity index (χ0n) is 16.1. The Kier molecular flexibility index (Phi) is 4.78. The highest BCUT2D eigenvalue weighted by molar-refractivity contribution is 6.33. The maximum absolute atomic E-state index is 13.2. The fourth-order valence-corrected chi connectivity index (χ4v) is 4.01. The van der Waals surface area contributed by atoms with Crippen molar-refractivity contribution in [3.05, 3.63) is 70.8 Å². The van der Waals surface area contributed by atoms with E-state index in [0.717, 1.165) is 12.8 Å². The van der Waals surface area contributed by atoms with Gasteiger partial charge in [0, 0.05) is 22.3 Å². The highest BCUT2D eigenvalue weighted by Crippen LogP contribution is 2.38. The van der Waals surface area contributed by atoms with Gasteiger partial charge in [-0.2, -0.15) is 10.2 Å². The molecule has 4 rings (SSSR count). The summed E-state index contributed by atoms with van der Waals surface area (Å²) in [4.78, 5) is 51.6. The SMILES string of the molecule is CCCCCC1(N=NC2C(=O)c3ccccc3C2=O)C(=O)c2ccccc2C1=O. The lowest BCUT2D eigenvalue weighted by Crippen LogP contribution is -2.39. The second-order valence-corrected chi connectivity index (χ2v) is 7.41. The minimum Gasteiger partial charge on any atom is -0.291 e. The van der Waals surface area contributed by atoms with Crippen molar-refractivity contribution >= 4 is 23.1 Å². The Balaban J connectivity index is 1.72. The van der Waals surface area contributed by atoms with E-state index < -0.39 is 34.7 Å². The highest BCUT2D eigenvalue weighted by Gasteiger charge is 2.53. The van der Waals surface area contributed by atoms with Gasteiger partial charge >= 0.3 is 0 Å². The fraction of sp³-hybridized carbons (Fsp3) is 0.304. The summed E-state index contributed by atoms with van der Waals surface area (Å²) in [6.45, 7) is 2.02. The number of unbranched alkanes of at least 4 members (excludes halogenated alkanes) is 2. The standard InChI is InChI=1S/C23H20N2O4/c1-2-3-8-13-23(21(28)16-11-6-7-12-17(16)22(23)29)25-24-18-19(26)14-9-4-5-10-15(14)20(18)27/h4-7,9-12,18H,2-3,8,13H2,1H3. The van der Waals surface area contributed by atoms with Crippen LogP contribution in [0.5, 0.6) is 0 Å². The molecule has 0 aliphatic heterocycles. The Bertz CT molecular complexity index is 1000. The molecule has 0 bridgehead atoms. The van der Waals surface area contributed by atoms with Gasteiger partial charge in [0.2, 0.25) is 17.1 Å². The molecule has 0 unspecified atom stereocenters. The number of ketones is 4. The lowest BCUT2D eigenvalue weighted by Gasteiger charge is -2.20. The van der Waals surface area contributed by atoms with Gasteiger partial charge in [-0.3, -0.25) is 19.2 Å². The first-order valence-electron chi connectivity index (χ1n) is 9.79. The molecule has 0 atom stereocenters. The maximum Gasteiger partial charge on any atom is 0.206 e. The van der Waals surface area contributed by atoms with Crippen molar-refractivity contribution in [3.8, 4) is 0 Å². The quantitative estimate of drug-likeness (QED) is 0.419. The first kappa shape index (κ1) is 19.1. The molecule has 0 aromatic heterocycles. The van der Waals surface area contributed by atoms with E-state index in [4.69, 9.17) is 0 Å². The average molecular weight is 388 g/mol. The van der Waals surface area contributed by atoms with Crippen LogP contribution in [0.25, 0.3) is 0 Å². The van der Waals surface area contributed by atoms with E-state index in [-0.39, 0.29) is 6.42 Å². The first-order valence-corrected chi connectivity index (χ1v) is 9.79. The summed E-state index contributed by atoms with van der Waals surface area (Å²) in [6, 6.07) is 11.8. The van der Waals surface area contributed by atoms with Crippen molar-refractivity contribution in [2.75, 3.05) is 0 Å². The van der Waals surface area contributed by atoms with Gasteiger partial charge in [0.1, 0.15) is 0 Å². The van der Waals surface area contributed by atoms with Gasteiger partial charge in [-0.1, -0.05) is 74.7 Å². The Morgan fingerprint density at radius 3 is 1.72 bits per heavy atom. The molecule has 2 aromatic carbocycles. The number of rotatable bonds is 6. The van der Waals surface area contributed by atoms with Crippen LogP contribution in [-0.2, 0) is 0 Å². The zero-order valence-corrected chi connectivity index (χ0v) is 16.1. The van der Waals surface area contributed by atoms with E-state index in [1.54, 1.807) is 48.5 Å². The number of Topliss-reactive ketones (excluding diaryl/α,β-unsaturated/α-hetero) is 4. The van der Waals surface area contributed by atoms with Crippen LogP contribution in [-0.4, -0.2) is 34.7 Å². The molecule has 2 aromatic rings. The minimum atomic E-state index is -1.69. The largest absolute Gasteiger partial charge is 0.291 e. The van der Waals surface area contributed by atoms with Crippen LogP contribution >= 0.6 is 0 Å². The Hall–Kier alpha value is -3.28. The van der Waals surface area contributed by atoms with Crippen molar-refractivity contribution in [1.82, 2.24) is 0 Å². The zero-order chi connectivity index (χ0) is 20.6. The Morgan fingerprint density at radius 2 is 1.24 bits per heavy atom. The number of benzene rings is 2. The van der Waals surface area contributed by atoms with Crippen molar-refractivity contribution < 1.29 is 19.2 Å². The summed E-state index contributed by atoms with van der Waals surface area (Å²) in [5.41, 5.74) is -0.447. The van der Waals surface area contributed by atoms with Gasteiger partial charge in [-0.05, 0) is 6.42 Å². The third-order valence-electron chi connectivity index (χ3n) is 5.61. The minimum absolute atomic E-state index is 0.207. The third-order valence-corrected chi connectivity index (χ3v) is 5.61. The molecular formula is C23H20N2O4.